The Kier molecular flexibility index (Phi) is 3.12. The molecule has 1 saturated heterocycles. The molecule has 0 bridgehead atoms. The van der Waals surface area contributed by atoms with Crippen LogP contribution in [-0.4, -0.2) is 24.5 Å². The van der Waals surface area contributed by atoms with Gasteiger partial charge in [-0.1, -0.05) is 0 Å². The molecule has 2 atom stereocenters. The topological polar surface area (TPSA) is 41.1 Å². The van der Waals surface area contributed by atoms with Crippen molar-refractivity contribution in [3.63, 3.8) is 0 Å². The van der Waals surface area contributed by atoms with Crippen molar-refractivity contribution < 1.29 is 4.79 Å². The van der Waals surface area contributed by atoms with E-state index in [1.54, 1.807) is 0 Å². The summed E-state index contributed by atoms with van der Waals surface area (Å²) >= 11 is 0. The Bertz CT molecular complexity index is 203. The number of amides is 1. The first-order valence-electron chi connectivity index (χ1n) is 4.21. The number of nitrogens with one attached hydrogen (secondary N) is 2. The molecule has 1 heterocycles. The van der Waals surface area contributed by atoms with E-state index >= 15 is 0 Å². The molecule has 0 spiro atoms. The van der Waals surface area contributed by atoms with Crippen LogP contribution >= 0.6 is 0 Å². The third kappa shape index (κ3) is 2.24. The molecule has 1 rings (SSSR count). The lowest BCUT2D eigenvalue weighted by atomic mass is 10.1. The summed E-state index contributed by atoms with van der Waals surface area (Å²) in [5.74, 6) is 2.59. The molecular weight excluding hydrogens is 152 g/mol. The Hall–Kier alpha value is -1.01. The van der Waals surface area contributed by atoms with E-state index < -0.39 is 0 Å². The van der Waals surface area contributed by atoms with Crippen LogP contribution in [0.25, 0.3) is 0 Å². The predicted octanol–water partition coefficient (Wildman–Crippen LogP) is -0.124. The summed E-state index contributed by atoms with van der Waals surface area (Å²) < 4.78 is 0. The molecule has 0 saturated carbocycles. The van der Waals surface area contributed by atoms with Crippen LogP contribution < -0.4 is 10.6 Å². The van der Waals surface area contributed by atoms with Crippen LogP contribution in [0, 0.1) is 12.3 Å². The second kappa shape index (κ2) is 4.13. The highest BCUT2D eigenvalue weighted by Gasteiger charge is 2.24. The molecule has 3 nitrogen and oxygen atoms in total. The fraction of sp³-hybridized carbons (Fsp3) is 0.667. The molecule has 0 radical (unpaired) electrons. The number of terminal acetylenes is 1. The van der Waals surface area contributed by atoms with Crippen LogP contribution in [0.3, 0.4) is 0 Å². The molecule has 1 fully saturated rings. The number of hydrogen-bond acceptors (Lipinski definition) is 2. The van der Waals surface area contributed by atoms with Crippen molar-refractivity contribution in [2.75, 3.05) is 6.54 Å². The standard InChI is InChI=1S/C9H14N2O/c1-3-4-7(2)11-9(12)8-5-6-10-8/h1,7-8,10H,4-6H2,2H3,(H,11,12). The van der Waals surface area contributed by atoms with Gasteiger partial charge in [-0.3, -0.25) is 4.79 Å². The number of rotatable bonds is 3. The molecule has 0 aromatic carbocycles. The highest BCUT2D eigenvalue weighted by molar-refractivity contribution is 5.82. The normalized spacial score (nSPS) is 23.5. The SMILES string of the molecule is C#CCC(C)NC(=O)C1CCN1. The van der Waals surface area contributed by atoms with Crippen molar-refractivity contribution in [2.24, 2.45) is 0 Å². The summed E-state index contributed by atoms with van der Waals surface area (Å²) in [5.41, 5.74) is 0. The lowest BCUT2D eigenvalue weighted by Gasteiger charge is -2.27. The smallest absolute Gasteiger partial charge is 0.237 e. The van der Waals surface area contributed by atoms with Crippen LogP contribution in [0.1, 0.15) is 19.8 Å². The summed E-state index contributed by atoms with van der Waals surface area (Å²) in [5, 5.41) is 5.87. The van der Waals surface area contributed by atoms with E-state index in [1.165, 1.54) is 0 Å². The van der Waals surface area contributed by atoms with Crippen LogP contribution in [-0.2, 0) is 4.79 Å². The van der Waals surface area contributed by atoms with Gasteiger partial charge in [-0.15, -0.1) is 12.3 Å². The summed E-state index contributed by atoms with van der Waals surface area (Å²) in [6.45, 7) is 2.86. The molecule has 66 valence electrons. The largest absolute Gasteiger partial charge is 0.351 e. The maximum absolute atomic E-state index is 11.3. The number of carbonyl (C=O) groups excluding carboxylic acids is 1. The lowest BCUT2D eigenvalue weighted by molar-refractivity contribution is -0.125. The number of hydrogen-bond donors (Lipinski definition) is 2. The molecule has 1 aliphatic rings. The highest BCUT2D eigenvalue weighted by atomic mass is 16.2. The zero-order chi connectivity index (χ0) is 8.97. The average molecular weight is 166 g/mol. The molecule has 0 aromatic rings. The number of carbonyl (C=O) groups is 1. The minimum Gasteiger partial charge on any atom is -0.351 e. The monoisotopic (exact) mass is 166 g/mol. The van der Waals surface area contributed by atoms with Crippen molar-refractivity contribution in [3.8, 4) is 12.3 Å². The van der Waals surface area contributed by atoms with Crippen LogP contribution in [0.15, 0.2) is 0 Å². The Morgan fingerprint density at radius 3 is 3.00 bits per heavy atom. The van der Waals surface area contributed by atoms with Gasteiger partial charge in [0.2, 0.25) is 5.91 Å². The molecule has 2 unspecified atom stereocenters. The zero-order valence-corrected chi connectivity index (χ0v) is 7.26. The van der Waals surface area contributed by atoms with E-state index in [4.69, 9.17) is 6.42 Å². The third-order valence-electron chi connectivity index (χ3n) is 1.95. The lowest BCUT2D eigenvalue weighted by Crippen LogP contribution is -2.54. The molecule has 1 aliphatic heterocycles. The molecule has 1 amide bonds. The Morgan fingerprint density at radius 1 is 1.92 bits per heavy atom. The van der Waals surface area contributed by atoms with Gasteiger partial charge < -0.3 is 10.6 Å². The minimum absolute atomic E-state index is 0.0187. The van der Waals surface area contributed by atoms with Gasteiger partial charge in [0.15, 0.2) is 0 Å². The molecule has 3 heteroatoms. The first kappa shape index (κ1) is 9.08. The minimum atomic E-state index is 0.0187. The van der Waals surface area contributed by atoms with Gasteiger partial charge in [-0.2, -0.15) is 0 Å². The first-order chi connectivity index (χ1) is 5.74. The van der Waals surface area contributed by atoms with Gasteiger partial charge in [-0.25, -0.2) is 0 Å². The van der Waals surface area contributed by atoms with E-state index in [2.05, 4.69) is 16.6 Å². The Morgan fingerprint density at radius 2 is 2.58 bits per heavy atom. The van der Waals surface area contributed by atoms with Gasteiger partial charge in [0.05, 0.1) is 6.04 Å². The van der Waals surface area contributed by atoms with Gasteiger partial charge in [0, 0.05) is 12.5 Å². The summed E-state index contributed by atoms with van der Waals surface area (Å²) in [4.78, 5) is 11.3. The maximum atomic E-state index is 11.3. The summed E-state index contributed by atoms with van der Waals surface area (Å²) in [6, 6.07) is 0.107. The van der Waals surface area contributed by atoms with Crippen LogP contribution in [0.2, 0.25) is 0 Å². The third-order valence-corrected chi connectivity index (χ3v) is 1.95. The van der Waals surface area contributed by atoms with Crippen molar-refractivity contribution in [3.05, 3.63) is 0 Å². The van der Waals surface area contributed by atoms with Crippen molar-refractivity contribution >= 4 is 5.91 Å². The maximum Gasteiger partial charge on any atom is 0.237 e. The van der Waals surface area contributed by atoms with Crippen LogP contribution in [0.4, 0.5) is 0 Å². The quantitative estimate of drug-likeness (QED) is 0.574. The Balaban J connectivity index is 2.21. The predicted molar refractivity (Wildman–Crippen MR) is 47.5 cm³/mol. The van der Waals surface area contributed by atoms with Crippen molar-refractivity contribution in [1.82, 2.24) is 10.6 Å². The molecule has 2 N–H and O–H groups in total. The fourth-order valence-corrected chi connectivity index (χ4v) is 1.08. The molecule has 0 aliphatic carbocycles. The Labute approximate surface area is 72.9 Å². The second-order valence-corrected chi connectivity index (χ2v) is 3.11. The molecular formula is C9H14N2O. The zero-order valence-electron chi connectivity index (χ0n) is 7.26. The van der Waals surface area contributed by atoms with Crippen molar-refractivity contribution in [1.29, 1.82) is 0 Å². The van der Waals surface area contributed by atoms with Gasteiger partial charge >= 0.3 is 0 Å². The fourth-order valence-electron chi connectivity index (χ4n) is 1.08. The summed E-state index contributed by atoms with van der Waals surface area (Å²) in [6.07, 6.45) is 6.65. The first-order valence-corrected chi connectivity index (χ1v) is 4.21. The molecule has 12 heavy (non-hydrogen) atoms. The van der Waals surface area contributed by atoms with E-state index in [0.717, 1.165) is 13.0 Å². The van der Waals surface area contributed by atoms with E-state index in [0.29, 0.717) is 6.42 Å². The molecule has 0 aromatic heterocycles. The van der Waals surface area contributed by atoms with E-state index in [-0.39, 0.29) is 18.0 Å². The van der Waals surface area contributed by atoms with Crippen LogP contribution in [0.5, 0.6) is 0 Å². The average Bonchev–Trinajstić information content (AvgIpc) is 1.82. The summed E-state index contributed by atoms with van der Waals surface area (Å²) in [7, 11) is 0. The van der Waals surface area contributed by atoms with Gasteiger partial charge in [-0.05, 0) is 19.9 Å². The van der Waals surface area contributed by atoms with Gasteiger partial charge in [0.1, 0.15) is 0 Å². The van der Waals surface area contributed by atoms with Gasteiger partial charge in [0.25, 0.3) is 0 Å². The second-order valence-electron chi connectivity index (χ2n) is 3.11. The van der Waals surface area contributed by atoms with E-state index in [9.17, 15) is 4.79 Å². The van der Waals surface area contributed by atoms with E-state index in [1.807, 2.05) is 6.92 Å². The highest BCUT2D eigenvalue weighted by Crippen LogP contribution is 2.02. The van der Waals surface area contributed by atoms with Crippen molar-refractivity contribution in [2.45, 2.75) is 31.8 Å².